The fraction of sp³-hybridized carbons (Fsp3) is 0.0400. The smallest absolute Gasteiger partial charge is 0.261 e. The fourth-order valence-corrected chi connectivity index (χ4v) is 4.34. The molecule has 3 heterocycles. The average Bonchev–Trinajstić information content (AvgIpc) is 3.29. The Hall–Kier alpha value is -3.90. The zero-order chi connectivity index (χ0) is 21.2. The number of rotatable bonds is 4. The Balaban J connectivity index is 1.55. The molecule has 0 aliphatic carbocycles. The van der Waals surface area contributed by atoms with E-state index in [0.717, 1.165) is 10.6 Å². The Morgan fingerprint density at radius 2 is 1.58 bits per heavy atom. The number of nitrogens with zero attached hydrogens (tertiary/aromatic N) is 3. The highest BCUT2D eigenvalue weighted by Gasteiger charge is 2.35. The van der Waals surface area contributed by atoms with Gasteiger partial charge in [0.1, 0.15) is 5.01 Å². The number of benzene rings is 2. The first-order valence-corrected chi connectivity index (χ1v) is 10.7. The Morgan fingerprint density at radius 1 is 0.839 bits per heavy atom. The molecule has 0 atom stereocenters. The number of hydrogen-bond acceptors (Lipinski definition) is 5. The van der Waals surface area contributed by atoms with E-state index < -0.39 is 0 Å². The van der Waals surface area contributed by atoms with Gasteiger partial charge in [0.15, 0.2) is 0 Å². The number of carbonyl (C=O) groups excluding carboxylic acids is 2. The maximum Gasteiger partial charge on any atom is 0.261 e. The normalized spacial score (nSPS) is 14.7. The molecule has 0 bridgehead atoms. The second kappa shape index (κ2) is 8.08. The summed E-state index contributed by atoms with van der Waals surface area (Å²) < 4.78 is 0. The van der Waals surface area contributed by atoms with Crippen LogP contribution in [0.3, 0.4) is 0 Å². The van der Waals surface area contributed by atoms with Gasteiger partial charge in [-0.25, -0.2) is 4.98 Å². The molecule has 0 N–H and O–H groups in total. The summed E-state index contributed by atoms with van der Waals surface area (Å²) in [5.74, 6) is -0.657. The molecule has 0 spiro atoms. The first kappa shape index (κ1) is 19.1. The minimum absolute atomic E-state index is 0.122. The summed E-state index contributed by atoms with van der Waals surface area (Å²) >= 11 is 1.52. The van der Waals surface area contributed by atoms with Crippen molar-refractivity contribution in [2.24, 2.45) is 0 Å². The molecule has 2 aromatic carbocycles. The zero-order valence-corrected chi connectivity index (χ0v) is 17.3. The standard InChI is InChI=1S/C25H17N3O2S/c29-24-21-12-5-4-11-20(21)22(25(30)28(24)15-18-10-6-7-13-26-18)14-19-16-31-23(27-19)17-8-2-1-3-9-17/h1-14,16H,15H2. The number of imide groups is 1. The third-order valence-corrected chi connectivity index (χ3v) is 5.96. The molecule has 31 heavy (non-hydrogen) atoms. The maximum atomic E-state index is 13.4. The summed E-state index contributed by atoms with van der Waals surface area (Å²) in [7, 11) is 0. The lowest BCUT2D eigenvalue weighted by molar-refractivity contribution is -0.123. The summed E-state index contributed by atoms with van der Waals surface area (Å²) in [5.41, 5.74) is 3.96. The van der Waals surface area contributed by atoms with E-state index in [9.17, 15) is 9.59 Å². The molecular weight excluding hydrogens is 406 g/mol. The molecule has 1 aliphatic heterocycles. The first-order chi connectivity index (χ1) is 15.2. The van der Waals surface area contributed by atoms with E-state index >= 15 is 0 Å². The van der Waals surface area contributed by atoms with Crippen molar-refractivity contribution in [3.63, 3.8) is 0 Å². The van der Waals surface area contributed by atoms with Gasteiger partial charge in [0.2, 0.25) is 0 Å². The van der Waals surface area contributed by atoms with Gasteiger partial charge >= 0.3 is 0 Å². The third-order valence-electron chi connectivity index (χ3n) is 5.05. The molecule has 2 aromatic heterocycles. The van der Waals surface area contributed by atoms with Crippen LogP contribution in [-0.2, 0) is 11.3 Å². The lowest BCUT2D eigenvalue weighted by atomic mass is 9.92. The van der Waals surface area contributed by atoms with E-state index in [4.69, 9.17) is 0 Å². The third kappa shape index (κ3) is 3.69. The van der Waals surface area contributed by atoms with Crippen LogP contribution in [0.5, 0.6) is 0 Å². The van der Waals surface area contributed by atoms with Crippen molar-refractivity contribution in [3.8, 4) is 10.6 Å². The molecule has 150 valence electrons. The van der Waals surface area contributed by atoms with Crippen LogP contribution in [0, 0.1) is 0 Å². The second-order valence-corrected chi connectivity index (χ2v) is 7.92. The van der Waals surface area contributed by atoms with Gasteiger partial charge in [0.05, 0.1) is 23.5 Å². The number of fused-ring (bicyclic) bond motifs is 1. The van der Waals surface area contributed by atoms with Gasteiger partial charge in [-0.1, -0.05) is 54.6 Å². The Labute approximate surface area is 183 Å². The molecule has 5 rings (SSSR count). The topological polar surface area (TPSA) is 63.2 Å². The van der Waals surface area contributed by atoms with Crippen LogP contribution in [0.15, 0.2) is 84.4 Å². The summed E-state index contributed by atoms with van der Waals surface area (Å²) in [6.45, 7) is 0.122. The van der Waals surface area contributed by atoms with E-state index in [1.165, 1.54) is 16.2 Å². The lowest BCUT2D eigenvalue weighted by Crippen LogP contribution is -2.41. The molecule has 5 nitrogen and oxygen atoms in total. The first-order valence-electron chi connectivity index (χ1n) is 9.79. The van der Waals surface area contributed by atoms with Crippen molar-refractivity contribution in [1.29, 1.82) is 0 Å². The van der Waals surface area contributed by atoms with Crippen LogP contribution in [0.25, 0.3) is 22.2 Å². The average molecular weight is 423 g/mol. The van der Waals surface area contributed by atoms with Crippen molar-refractivity contribution in [2.45, 2.75) is 6.54 Å². The van der Waals surface area contributed by atoms with Crippen molar-refractivity contribution < 1.29 is 9.59 Å². The second-order valence-electron chi connectivity index (χ2n) is 7.06. The monoisotopic (exact) mass is 423 g/mol. The quantitative estimate of drug-likeness (QED) is 0.345. The molecule has 6 heteroatoms. The predicted octanol–water partition coefficient (Wildman–Crippen LogP) is 4.93. The number of aromatic nitrogens is 2. The molecule has 0 saturated heterocycles. The van der Waals surface area contributed by atoms with E-state index in [1.54, 1.807) is 42.6 Å². The zero-order valence-electron chi connectivity index (χ0n) is 16.4. The minimum Gasteiger partial charge on any atom is -0.269 e. The highest BCUT2D eigenvalue weighted by Crippen LogP contribution is 2.32. The van der Waals surface area contributed by atoms with Gasteiger partial charge in [0, 0.05) is 28.3 Å². The lowest BCUT2D eigenvalue weighted by Gasteiger charge is -2.28. The SMILES string of the molecule is O=C1C(=Cc2csc(-c3ccccc3)n2)c2ccccc2C(=O)N1Cc1ccccn1. The number of hydrogen-bond donors (Lipinski definition) is 0. The van der Waals surface area contributed by atoms with Gasteiger partial charge < -0.3 is 0 Å². The molecule has 1 aliphatic rings. The van der Waals surface area contributed by atoms with Crippen molar-refractivity contribution >= 4 is 34.8 Å². The Kier molecular flexibility index (Phi) is 4.98. The minimum atomic E-state index is -0.344. The largest absolute Gasteiger partial charge is 0.269 e. The highest BCUT2D eigenvalue weighted by atomic mass is 32.1. The van der Waals surface area contributed by atoms with Crippen molar-refractivity contribution in [1.82, 2.24) is 14.9 Å². The van der Waals surface area contributed by atoms with Crippen molar-refractivity contribution in [2.75, 3.05) is 0 Å². The van der Waals surface area contributed by atoms with Crippen molar-refractivity contribution in [3.05, 3.63) is 107 Å². The predicted molar refractivity (Wildman–Crippen MR) is 121 cm³/mol. The van der Waals surface area contributed by atoms with Gasteiger partial charge in [-0.3, -0.25) is 19.5 Å². The van der Waals surface area contributed by atoms with Gasteiger partial charge in [-0.2, -0.15) is 0 Å². The Bertz CT molecular complexity index is 1300. The van der Waals surface area contributed by atoms with Gasteiger partial charge in [0.25, 0.3) is 11.8 Å². The van der Waals surface area contributed by atoms with Crippen LogP contribution in [0.1, 0.15) is 27.3 Å². The summed E-state index contributed by atoms with van der Waals surface area (Å²) in [4.78, 5) is 36.6. The van der Waals surface area contributed by atoms with Crippen LogP contribution in [0.2, 0.25) is 0 Å². The molecule has 0 unspecified atom stereocenters. The van der Waals surface area contributed by atoms with Crippen LogP contribution >= 0.6 is 11.3 Å². The van der Waals surface area contributed by atoms with Gasteiger partial charge in [-0.15, -0.1) is 11.3 Å². The molecule has 0 radical (unpaired) electrons. The van der Waals surface area contributed by atoms with E-state index in [0.29, 0.717) is 28.1 Å². The molecule has 4 aromatic rings. The highest BCUT2D eigenvalue weighted by molar-refractivity contribution is 7.13. The summed E-state index contributed by atoms with van der Waals surface area (Å²) in [6.07, 6.45) is 3.42. The van der Waals surface area contributed by atoms with E-state index in [2.05, 4.69) is 9.97 Å². The molecule has 2 amide bonds. The number of carbonyl (C=O) groups is 2. The molecule has 0 saturated carbocycles. The van der Waals surface area contributed by atoms with Crippen LogP contribution in [0.4, 0.5) is 0 Å². The van der Waals surface area contributed by atoms with Gasteiger partial charge in [-0.05, 0) is 24.3 Å². The summed E-state index contributed by atoms with van der Waals surface area (Å²) in [5, 5.41) is 2.80. The summed E-state index contributed by atoms with van der Waals surface area (Å²) in [6, 6.07) is 22.5. The number of thiazole rings is 1. The number of amides is 2. The van der Waals surface area contributed by atoms with Crippen LogP contribution < -0.4 is 0 Å². The Morgan fingerprint density at radius 3 is 2.35 bits per heavy atom. The number of pyridine rings is 1. The fourth-order valence-electron chi connectivity index (χ4n) is 3.55. The van der Waals surface area contributed by atoms with E-state index in [-0.39, 0.29) is 18.4 Å². The van der Waals surface area contributed by atoms with Crippen LogP contribution in [-0.4, -0.2) is 26.7 Å². The maximum absolute atomic E-state index is 13.4. The molecular formula is C25H17N3O2S. The van der Waals surface area contributed by atoms with E-state index in [1.807, 2.05) is 47.8 Å². The molecule has 0 fully saturated rings.